The molecule has 1 aromatic carbocycles. The molecule has 5 nitrogen and oxygen atoms in total. The van der Waals surface area contributed by atoms with Crippen LogP contribution >= 0.6 is 0 Å². The van der Waals surface area contributed by atoms with Gasteiger partial charge in [-0.05, 0) is 43.5 Å². The smallest absolute Gasteiger partial charge is 0.137 e. The molecule has 2 rings (SSSR count). The Bertz CT molecular complexity index is 830. The minimum atomic E-state index is 0.0320. The number of unbranched alkanes of at least 4 members (excludes halogenated alkanes) is 4. The number of aromatic nitrogens is 2. The highest BCUT2D eigenvalue weighted by atomic mass is 16.5. The van der Waals surface area contributed by atoms with Crippen molar-refractivity contribution >= 4 is 23.0 Å². The first kappa shape index (κ1) is 21.4. The zero-order valence-electron chi connectivity index (χ0n) is 16.6. The van der Waals surface area contributed by atoms with Crippen LogP contribution < -0.4 is 10.1 Å². The maximum Gasteiger partial charge on any atom is 0.137 e. The second-order valence-corrected chi connectivity index (χ2v) is 6.59. The third-order valence-electron chi connectivity index (χ3n) is 4.49. The highest BCUT2D eigenvalue weighted by Crippen LogP contribution is 2.26. The van der Waals surface area contributed by atoms with Gasteiger partial charge in [0.2, 0.25) is 0 Å². The van der Waals surface area contributed by atoms with E-state index in [9.17, 15) is 4.79 Å². The number of nitrogens with one attached hydrogen (secondary N) is 1. The monoisotopic (exact) mass is 379 g/mol. The van der Waals surface area contributed by atoms with Gasteiger partial charge in [0, 0.05) is 17.8 Å². The summed E-state index contributed by atoms with van der Waals surface area (Å²) in [4.78, 5) is 19.1. The number of benzene rings is 1. The summed E-state index contributed by atoms with van der Waals surface area (Å²) in [6.07, 6.45) is 12.7. The molecule has 0 aliphatic heterocycles. The number of allylic oxidation sites excluding steroid dienone is 2. The molecule has 1 atom stereocenters. The third kappa shape index (κ3) is 6.34. The molecule has 0 radical (unpaired) electrons. The van der Waals surface area contributed by atoms with E-state index < -0.39 is 0 Å². The van der Waals surface area contributed by atoms with Crippen molar-refractivity contribution in [2.24, 2.45) is 0 Å². The van der Waals surface area contributed by atoms with E-state index in [1.165, 1.54) is 0 Å². The molecule has 0 bridgehead atoms. The molecule has 148 valence electrons. The van der Waals surface area contributed by atoms with Crippen LogP contribution in [-0.2, 0) is 4.79 Å². The summed E-state index contributed by atoms with van der Waals surface area (Å²) in [5.41, 5.74) is 1.89. The lowest BCUT2D eigenvalue weighted by Gasteiger charge is -2.17. The van der Waals surface area contributed by atoms with Crippen molar-refractivity contribution in [1.29, 1.82) is 0 Å². The number of ether oxygens (including phenoxy) is 1. The normalized spacial score (nSPS) is 12.4. The fourth-order valence-electron chi connectivity index (χ4n) is 2.93. The standard InChI is InChI=1S/C23H29N3O2/c1-4-11-19(5-2)18(3)26-23-21-16-20(12-13-22(21)24-17-25-23)28-15-10-8-6-7-9-14-27/h4-5,11-14,16-18H,1-2,6-10,15H2,3H3,(H,24,25,26)/b19-11+/t18-/m1/s1. The van der Waals surface area contributed by atoms with Crippen LogP contribution in [0.4, 0.5) is 5.82 Å². The summed E-state index contributed by atoms with van der Waals surface area (Å²) < 4.78 is 5.89. The van der Waals surface area contributed by atoms with Crippen LogP contribution in [0.2, 0.25) is 0 Å². The molecule has 0 spiro atoms. The Balaban J connectivity index is 2.04. The van der Waals surface area contributed by atoms with Crippen LogP contribution in [0.5, 0.6) is 5.75 Å². The first-order valence-electron chi connectivity index (χ1n) is 9.72. The topological polar surface area (TPSA) is 64.1 Å². The van der Waals surface area contributed by atoms with Gasteiger partial charge in [-0.15, -0.1) is 0 Å². The summed E-state index contributed by atoms with van der Waals surface area (Å²) in [6, 6.07) is 5.88. The molecule has 1 aromatic heterocycles. The molecule has 2 aromatic rings. The zero-order chi connectivity index (χ0) is 20.2. The minimum Gasteiger partial charge on any atom is -0.494 e. The van der Waals surface area contributed by atoms with Crippen molar-refractivity contribution in [2.45, 2.75) is 45.1 Å². The number of rotatable bonds is 13. The maximum atomic E-state index is 10.3. The lowest BCUT2D eigenvalue weighted by atomic mass is 10.1. The Morgan fingerprint density at radius 2 is 2.04 bits per heavy atom. The van der Waals surface area contributed by atoms with Crippen molar-refractivity contribution < 1.29 is 9.53 Å². The summed E-state index contributed by atoms with van der Waals surface area (Å²) in [7, 11) is 0. The number of carbonyl (C=O) groups is 1. The van der Waals surface area contributed by atoms with Crippen molar-refractivity contribution in [3.63, 3.8) is 0 Å². The molecule has 0 saturated heterocycles. The van der Waals surface area contributed by atoms with Crippen LogP contribution in [0.3, 0.4) is 0 Å². The SMILES string of the molecule is C=C/C=C(\C=C)[C@@H](C)Nc1ncnc2ccc(OCCCCCCC=O)cc12. The van der Waals surface area contributed by atoms with E-state index in [4.69, 9.17) is 4.74 Å². The van der Waals surface area contributed by atoms with Gasteiger partial charge in [0.25, 0.3) is 0 Å². The Morgan fingerprint density at radius 1 is 1.21 bits per heavy atom. The van der Waals surface area contributed by atoms with Crippen LogP contribution in [-0.4, -0.2) is 28.9 Å². The second-order valence-electron chi connectivity index (χ2n) is 6.59. The Labute approximate surface area is 167 Å². The summed E-state index contributed by atoms with van der Waals surface area (Å²) in [6.45, 7) is 10.3. The Hall–Kier alpha value is -2.95. The first-order chi connectivity index (χ1) is 13.7. The van der Waals surface area contributed by atoms with Gasteiger partial charge in [0.15, 0.2) is 0 Å². The van der Waals surface area contributed by atoms with Crippen LogP contribution in [0, 0.1) is 0 Å². The summed E-state index contributed by atoms with van der Waals surface area (Å²) in [5.74, 6) is 1.56. The predicted octanol–water partition coefficient (Wildman–Crippen LogP) is 5.26. The maximum absolute atomic E-state index is 10.3. The van der Waals surface area contributed by atoms with Crippen molar-refractivity contribution in [1.82, 2.24) is 9.97 Å². The van der Waals surface area contributed by atoms with Crippen molar-refractivity contribution in [3.8, 4) is 5.75 Å². The molecule has 5 heteroatoms. The number of hydrogen-bond acceptors (Lipinski definition) is 5. The summed E-state index contributed by atoms with van der Waals surface area (Å²) in [5, 5.41) is 4.34. The van der Waals surface area contributed by atoms with E-state index in [0.29, 0.717) is 13.0 Å². The van der Waals surface area contributed by atoms with Gasteiger partial charge in [-0.1, -0.05) is 44.2 Å². The fourth-order valence-corrected chi connectivity index (χ4v) is 2.93. The lowest BCUT2D eigenvalue weighted by Crippen LogP contribution is -2.18. The number of aldehydes is 1. The molecule has 1 N–H and O–H groups in total. The van der Waals surface area contributed by atoms with Crippen LogP contribution in [0.1, 0.15) is 39.0 Å². The molecule has 28 heavy (non-hydrogen) atoms. The average Bonchev–Trinajstić information content (AvgIpc) is 2.71. The highest BCUT2D eigenvalue weighted by Gasteiger charge is 2.10. The number of carbonyl (C=O) groups excluding carboxylic acids is 1. The highest BCUT2D eigenvalue weighted by molar-refractivity contribution is 5.90. The van der Waals surface area contributed by atoms with E-state index in [1.54, 1.807) is 12.4 Å². The van der Waals surface area contributed by atoms with Gasteiger partial charge in [-0.3, -0.25) is 0 Å². The molecule has 0 fully saturated rings. The van der Waals surface area contributed by atoms with E-state index in [1.807, 2.05) is 30.4 Å². The Kier molecular flexibility index (Phi) is 8.92. The van der Waals surface area contributed by atoms with E-state index >= 15 is 0 Å². The molecular formula is C23H29N3O2. The molecule has 1 heterocycles. The zero-order valence-corrected chi connectivity index (χ0v) is 16.6. The molecule has 0 amide bonds. The predicted molar refractivity (Wildman–Crippen MR) is 116 cm³/mol. The number of hydrogen-bond donors (Lipinski definition) is 1. The van der Waals surface area contributed by atoms with Gasteiger partial charge in [-0.25, -0.2) is 9.97 Å². The first-order valence-corrected chi connectivity index (χ1v) is 9.72. The third-order valence-corrected chi connectivity index (χ3v) is 4.49. The molecule has 0 aliphatic carbocycles. The van der Waals surface area contributed by atoms with Gasteiger partial charge in [-0.2, -0.15) is 0 Å². The lowest BCUT2D eigenvalue weighted by molar-refractivity contribution is -0.107. The van der Waals surface area contributed by atoms with E-state index in [-0.39, 0.29) is 6.04 Å². The average molecular weight is 380 g/mol. The number of fused-ring (bicyclic) bond motifs is 1. The molecule has 0 unspecified atom stereocenters. The quantitative estimate of drug-likeness (QED) is 0.292. The van der Waals surface area contributed by atoms with E-state index in [2.05, 4.69) is 35.4 Å². The summed E-state index contributed by atoms with van der Waals surface area (Å²) >= 11 is 0. The number of nitrogens with zero attached hydrogens (tertiary/aromatic N) is 2. The minimum absolute atomic E-state index is 0.0320. The van der Waals surface area contributed by atoms with Gasteiger partial charge < -0.3 is 14.8 Å². The van der Waals surface area contributed by atoms with Crippen molar-refractivity contribution in [3.05, 3.63) is 61.5 Å². The van der Waals surface area contributed by atoms with Gasteiger partial charge in [0.05, 0.1) is 12.1 Å². The molecule has 0 aliphatic rings. The fraction of sp³-hybridized carbons (Fsp3) is 0.348. The van der Waals surface area contributed by atoms with Crippen LogP contribution in [0.25, 0.3) is 10.9 Å². The van der Waals surface area contributed by atoms with Gasteiger partial charge in [0.1, 0.15) is 24.2 Å². The van der Waals surface area contributed by atoms with Crippen molar-refractivity contribution in [2.75, 3.05) is 11.9 Å². The molecule has 0 saturated carbocycles. The van der Waals surface area contributed by atoms with Crippen LogP contribution in [0.15, 0.2) is 61.5 Å². The largest absolute Gasteiger partial charge is 0.494 e. The van der Waals surface area contributed by atoms with E-state index in [0.717, 1.165) is 60.0 Å². The second kappa shape index (κ2) is 11.7. The van der Waals surface area contributed by atoms with Gasteiger partial charge >= 0.3 is 0 Å². The number of anilines is 1. The Morgan fingerprint density at radius 3 is 2.79 bits per heavy atom. The molecular weight excluding hydrogens is 350 g/mol.